The Bertz CT molecular complexity index is 533. The van der Waals surface area contributed by atoms with Crippen LogP contribution in [-0.4, -0.2) is 63.0 Å². The fraction of sp³-hybridized carbons (Fsp3) is 0.906. The number of allylic oxidation sites excluding steroid dienone is 2. The van der Waals surface area contributed by atoms with Crippen LogP contribution < -0.4 is 5.32 Å². The predicted octanol–water partition coefficient (Wildman–Crippen LogP) is 7.83. The van der Waals surface area contributed by atoms with E-state index in [4.69, 9.17) is 0 Å². The third kappa shape index (κ3) is 17.6. The van der Waals surface area contributed by atoms with Crippen molar-refractivity contribution in [2.24, 2.45) is 11.8 Å². The molecule has 1 aliphatic carbocycles. The van der Waals surface area contributed by atoms with E-state index < -0.39 is 0 Å². The van der Waals surface area contributed by atoms with Crippen molar-refractivity contribution in [3.8, 4) is 0 Å². The van der Waals surface area contributed by atoms with Crippen LogP contribution in [0.25, 0.3) is 0 Å². The van der Waals surface area contributed by atoms with E-state index in [9.17, 15) is 4.79 Å². The molecule has 1 amide bonds. The summed E-state index contributed by atoms with van der Waals surface area (Å²) in [5.41, 5.74) is 0. The summed E-state index contributed by atoms with van der Waals surface area (Å²) >= 11 is 0. The Labute approximate surface area is 226 Å². The lowest BCUT2D eigenvalue weighted by Crippen LogP contribution is -2.41. The van der Waals surface area contributed by atoms with Crippen LogP contribution in [0, 0.1) is 11.8 Å². The zero-order chi connectivity index (χ0) is 26.3. The SMILES string of the molecule is CCCCCCCCCCCCCCCCCCN(C)C(=O)C1CC=CCC1CNCCCN(C)C. The molecule has 0 bridgehead atoms. The van der Waals surface area contributed by atoms with Gasteiger partial charge in [0.05, 0.1) is 0 Å². The molecule has 0 spiro atoms. The van der Waals surface area contributed by atoms with Crippen molar-refractivity contribution in [1.82, 2.24) is 15.1 Å². The Morgan fingerprint density at radius 2 is 1.19 bits per heavy atom. The maximum Gasteiger partial charge on any atom is 0.226 e. The van der Waals surface area contributed by atoms with Gasteiger partial charge in [0.2, 0.25) is 5.91 Å². The summed E-state index contributed by atoms with van der Waals surface area (Å²) in [6, 6.07) is 0. The third-order valence-electron chi connectivity index (χ3n) is 7.97. The molecule has 0 fully saturated rings. The predicted molar refractivity (Wildman–Crippen MR) is 159 cm³/mol. The van der Waals surface area contributed by atoms with Crippen LogP contribution in [0.5, 0.6) is 0 Å². The van der Waals surface area contributed by atoms with Gasteiger partial charge in [0.25, 0.3) is 0 Å². The van der Waals surface area contributed by atoms with Gasteiger partial charge in [0.1, 0.15) is 0 Å². The quantitative estimate of drug-likeness (QED) is 0.107. The number of unbranched alkanes of at least 4 members (excludes halogenated alkanes) is 15. The summed E-state index contributed by atoms with van der Waals surface area (Å²) < 4.78 is 0. The second-order valence-electron chi connectivity index (χ2n) is 11.7. The van der Waals surface area contributed by atoms with E-state index in [0.29, 0.717) is 11.8 Å². The van der Waals surface area contributed by atoms with Crippen molar-refractivity contribution in [2.75, 3.05) is 47.3 Å². The number of carbonyl (C=O) groups is 1. The normalized spacial score (nSPS) is 17.7. The highest BCUT2D eigenvalue weighted by atomic mass is 16.2. The van der Waals surface area contributed by atoms with Crippen LogP contribution in [0.2, 0.25) is 0 Å². The standard InChI is InChI=1S/C32H63N3O/c1-5-6-7-8-9-10-11-12-13-14-15-16-17-18-19-22-28-35(4)32(36)31-25-21-20-24-30(31)29-33-26-23-27-34(2)3/h20-21,30-31,33H,5-19,22-29H2,1-4H3. The molecule has 212 valence electrons. The molecule has 0 aromatic heterocycles. The van der Waals surface area contributed by atoms with E-state index in [-0.39, 0.29) is 5.92 Å². The van der Waals surface area contributed by atoms with Gasteiger partial charge < -0.3 is 15.1 Å². The molecule has 2 unspecified atom stereocenters. The molecular formula is C32H63N3O. The average molecular weight is 506 g/mol. The first-order chi connectivity index (χ1) is 17.6. The topological polar surface area (TPSA) is 35.6 Å². The Morgan fingerprint density at radius 1 is 0.694 bits per heavy atom. The van der Waals surface area contributed by atoms with E-state index in [2.05, 4.69) is 43.4 Å². The minimum atomic E-state index is 0.155. The van der Waals surface area contributed by atoms with Crippen molar-refractivity contribution in [1.29, 1.82) is 0 Å². The van der Waals surface area contributed by atoms with E-state index >= 15 is 0 Å². The highest BCUT2D eigenvalue weighted by Crippen LogP contribution is 2.27. The largest absolute Gasteiger partial charge is 0.346 e. The molecule has 0 saturated heterocycles. The van der Waals surface area contributed by atoms with E-state index in [0.717, 1.165) is 51.9 Å². The van der Waals surface area contributed by atoms with Gasteiger partial charge >= 0.3 is 0 Å². The molecule has 36 heavy (non-hydrogen) atoms. The number of carbonyl (C=O) groups excluding carboxylic acids is 1. The third-order valence-corrected chi connectivity index (χ3v) is 7.97. The smallest absolute Gasteiger partial charge is 0.226 e. The molecule has 0 heterocycles. The molecule has 2 atom stereocenters. The Morgan fingerprint density at radius 3 is 1.72 bits per heavy atom. The summed E-state index contributed by atoms with van der Waals surface area (Å²) in [5.74, 6) is 0.956. The molecule has 1 N–H and O–H groups in total. The summed E-state index contributed by atoms with van der Waals surface area (Å²) in [6.45, 7) is 6.32. The van der Waals surface area contributed by atoms with E-state index in [1.807, 2.05) is 11.9 Å². The lowest BCUT2D eigenvalue weighted by Gasteiger charge is -2.31. The molecule has 4 heteroatoms. The maximum atomic E-state index is 13.1. The van der Waals surface area contributed by atoms with Crippen molar-refractivity contribution in [2.45, 2.75) is 129 Å². The molecule has 4 nitrogen and oxygen atoms in total. The average Bonchev–Trinajstić information content (AvgIpc) is 2.87. The highest BCUT2D eigenvalue weighted by molar-refractivity contribution is 5.79. The maximum absolute atomic E-state index is 13.1. The fourth-order valence-corrected chi connectivity index (χ4v) is 5.50. The Balaban J connectivity index is 2.01. The van der Waals surface area contributed by atoms with Crippen LogP contribution in [-0.2, 0) is 4.79 Å². The number of rotatable bonds is 24. The van der Waals surface area contributed by atoms with Crippen LogP contribution >= 0.6 is 0 Å². The lowest BCUT2D eigenvalue weighted by molar-refractivity contribution is -0.136. The Hall–Kier alpha value is -0.870. The first-order valence-electron chi connectivity index (χ1n) is 15.8. The van der Waals surface area contributed by atoms with Crippen LogP contribution in [0.1, 0.15) is 129 Å². The van der Waals surface area contributed by atoms with Crippen molar-refractivity contribution in [3.63, 3.8) is 0 Å². The number of hydrogen-bond donors (Lipinski definition) is 1. The van der Waals surface area contributed by atoms with Gasteiger partial charge in [-0.25, -0.2) is 0 Å². The molecule has 0 aromatic rings. The van der Waals surface area contributed by atoms with E-state index in [1.165, 1.54) is 96.3 Å². The zero-order valence-corrected chi connectivity index (χ0v) is 24.9. The summed E-state index contributed by atoms with van der Waals surface area (Å²) in [7, 11) is 6.26. The molecule has 0 aliphatic heterocycles. The molecule has 0 saturated carbocycles. The first-order valence-corrected chi connectivity index (χ1v) is 15.8. The van der Waals surface area contributed by atoms with Gasteiger partial charge in [-0.1, -0.05) is 115 Å². The van der Waals surface area contributed by atoms with Gasteiger partial charge in [-0.15, -0.1) is 0 Å². The van der Waals surface area contributed by atoms with Crippen LogP contribution in [0.15, 0.2) is 12.2 Å². The molecular weight excluding hydrogens is 442 g/mol. The number of amides is 1. The fourth-order valence-electron chi connectivity index (χ4n) is 5.50. The van der Waals surface area contributed by atoms with Crippen molar-refractivity contribution >= 4 is 5.91 Å². The van der Waals surface area contributed by atoms with Gasteiger partial charge in [0, 0.05) is 19.5 Å². The van der Waals surface area contributed by atoms with Gasteiger partial charge in [-0.3, -0.25) is 4.79 Å². The van der Waals surface area contributed by atoms with Crippen LogP contribution in [0.4, 0.5) is 0 Å². The minimum Gasteiger partial charge on any atom is -0.346 e. The van der Waals surface area contributed by atoms with Crippen molar-refractivity contribution in [3.05, 3.63) is 12.2 Å². The summed E-state index contributed by atoms with van der Waals surface area (Å²) in [4.78, 5) is 17.4. The molecule has 0 aromatic carbocycles. The van der Waals surface area contributed by atoms with Crippen molar-refractivity contribution < 1.29 is 4.79 Å². The molecule has 1 rings (SSSR count). The number of nitrogens with zero attached hydrogens (tertiary/aromatic N) is 2. The summed E-state index contributed by atoms with van der Waals surface area (Å²) in [6.07, 6.45) is 29.8. The summed E-state index contributed by atoms with van der Waals surface area (Å²) in [5, 5.41) is 3.60. The van der Waals surface area contributed by atoms with Gasteiger partial charge in [-0.2, -0.15) is 0 Å². The minimum absolute atomic E-state index is 0.155. The van der Waals surface area contributed by atoms with Crippen LogP contribution in [0.3, 0.4) is 0 Å². The number of nitrogens with one attached hydrogen (secondary N) is 1. The first kappa shape index (κ1) is 33.2. The molecule has 0 radical (unpaired) electrons. The molecule has 1 aliphatic rings. The lowest BCUT2D eigenvalue weighted by atomic mass is 9.82. The van der Waals surface area contributed by atoms with E-state index in [1.54, 1.807) is 0 Å². The Kier molecular flexibility index (Phi) is 21.4. The zero-order valence-electron chi connectivity index (χ0n) is 24.9. The van der Waals surface area contributed by atoms with Gasteiger partial charge in [-0.05, 0) is 65.3 Å². The number of hydrogen-bond acceptors (Lipinski definition) is 3. The second kappa shape index (κ2) is 23.3. The monoisotopic (exact) mass is 505 g/mol. The van der Waals surface area contributed by atoms with Gasteiger partial charge in [0.15, 0.2) is 0 Å². The highest BCUT2D eigenvalue weighted by Gasteiger charge is 2.30. The second-order valence-corrected chi connectivity index (χ2v) is 11.7.